The average molecular weight is 426 g/mol. The van der Waals surface area contributed by atoms with Crippen molar-refractivity contribution < 1.29 is 18.3 Å². The average Bonchev–Trinajstić information content (AvgIpc) is 3.13. The molecule has 2 N–H and O–H groups in total. The van der Waals surface area contributed by atoms with Gasteiger partial charge in [-0.05, 0) is 46.2 Å². The van der Waals surface area contributed by atoms with Crippen molar-refractivity contribution in [2.24, 2.45) is 10.9 Å². The Bertz CT molecular complexity index is 1270. The Kier molecular flexibility index (Phi) is 4.82. The molecule has 0 fully saturated rings. The highest BCUT2D eigenvalue weighted by molar-refractivity contribution is 7.92. The zero-order chi connectivity index (χ0) is 21.5. The number of rotatable bonds is 5. The highest BCUT2D eigenvalue weighted by atomic mass is 32.2. The highest BCUT2D eigenvalue weighted by Crippen LogP contribution is 2.39. The van der Waals surface area contributed by atoms with E-state index in [1.165, 1.54) is 4.68 Å². The number of hydrogen-bond donors (Lipinski definition) is 2. The maximum Gasteiger partial charge on any atom is 0.314 e. The van der Waals surface area contributed by atoms with Gasteiger partial charge in [0.05, 0.1) is 6.26 Å². The van der Waals surface area contributed by atoms with Crippen LogP contribution < -0.4 is 4.72 Å². The smallest absolute Gasteiger partial charge is 0.314 e. The Morgan fingerprint density at radius 2 is 1.93 bits per heavy atom. The number of carboxylic acids is 1. The molecule has 0 radical (unpaired) electrons. The van der Waals surface area contributed by atoms with Crippen molar-refractivity contribution in [3.05, 3.63) is 54.1 Å². The predicted octanol–water partition coefficient (Wildman–Crippen LogP) is 2.11. The fourth-order valence-corrected chi connectivity index (χ4v) is 4.20. The van der Waals surface area contributed by atoms with Gasteiger partial charge in [0.2, 0.25) is 10.0 Å². The van der Waals surface area contributed by atoms with E-state index in [9.17, 15) is 18.3 Å². The van der Waals surface area contributed by atoms with Crippen molar-refractivity contribution in [3.8, 4) is 11.1 Å². The van der Waals surface area contributed by atoms with Gasteiger partial charge in [0.1, 0.15) is 12.0 Å². The van der Waals surface area contributed by atoms with Gasteiger partial charge in [-0.2, -0.15) is 0 Å². The third kappa shape index (κ3) is 3.66. The van der Waals surface area contributed by atoms with E-state index in [4.69, 9.17) is 0 Å². The Hall–Kier alpha value is -3.60. The monoisotopic (exact) mass is 426 g/mol. The fraction of sp³-hybridized carbons (Fsp3) is 0.211. The third-order valence-corrected chi connectivity index (χ3v) is 5.41. The van der Waals surface area contributed by atoms with Crippen molar-refractivity contribution in [3.63, 3.8) is 0 Å². The van der Waals surface area contributed by atoms with Crippen LogP contribution in [0.1, 0.15) is 18.5 Å². The summed E-state index contributed by atoms with van der Waals surface area (Å²) in [7, 11) is -3.44. The lowest BCUT2D eigenvalue weighted by Gasteiger charge is -2.29. The summed E-state index contributed by atoms with van der Waals surface area (Å²) in [4.78, 5) is 16.3. The number of anilines is 1. The van der Waals surface area contributed by atoms with Crippen LogP contribution in [-0.4, -0.2) is 51.7 Å². The molecule has 0 saturated heterocycles. The van der Waals surface area contributed by atoms with E-state index in [0.717, 1.165) is 17.4 Å². The molecule has 0 spiro atoms. The summed E-state index contributed by atoms with van der Waals surface area (Å²) in [6.45, 7) is 1.64. The lowest BCUT2D eigenvalue weighted by atomic mass is 9.84. The van der Waals surface area contributed by atoms with Crippen LogP contribution in [0.2, 0.25) is 0 Å². The second kappa shape index (κ2) is 7.34. The summed E-state index contributed by atoms with van der Waals surface area (Å²) < 4.78 is 27.1. The second-order valence-electron chi connectivity index (χ2n) is 6.98. The van der Waals surface area contributed by atoms with Crippen LogP contribution in [0.5, 0.6) is 0 Å². The summed E-state index contributed by atoms with van der Waals surface area (Å²) in [5, 5.41) is 21.4. The number of nitrogens with one attached hydrogen (secondary N) is 1. The number of hydrogen-bond acceptors (Lipinski definition) is 7. The van der Waals surface area contributed by atoms with Crippen molar-refractivity contribution in [1.82, 2.24) is 20.2 Å². The molecule has 4 rings (SSSR count). The van der Waals surface area contributed by atoms with Gasteiger partial charge >= 0.3 is 5.97 Å². The minimum Gasteiger partial charge on any atom is -0.481 e. The van der Waals surface area contributed by atoms with Crippen LogP contribution >= 0.6 is 0 Å². The number of aliphatic imine (C=N–C) groups is 1. The summed E-state index contributed by atoms with van der Waals surface area (Å²) in [6, 6.07) is 13.5. The molecule has 11 heteroatoms. The van der Waals surface area contributed by atoms with Crippen LogP contribution in [0.4, 0.5) is 11.6 Å². The zero-order valence-electron chi connectivity index (χ0n) is 16.1. The maximum absolute atomic E-state index is 12.1. The number of aromatic nitrogens is 4. The van der Waals surface area contributed by atoms with Gasteiger partial charge in [-0.1, -0.05) is 41.5 Å². The van der Waals surface area contributed by atoms with Gasteiger partial charge < -0.3 is 5.11 Å². The van der Waals surface area contributed by atoms with Gasteiger partial charge in [0.15, 0.2) is 0 Å². The Morgan fingerprint density at radius 3 is 2.67 bits per heavy atom. The largest absolute Gasteiger partial charge is 0.481 e. The molecule has 2 unspecified atom stereocenters. The number of fused-ring (bicyclic) bond motifs is 1. The molecular formula is C19H18N6O4S. The fourth-order valence-electron chi connectivity index (χ4n) is 3.65. The first-order valence-electron chi connectivity index (χ1n) is 8.97. The number of carboxylic acid groups (broad SMARTS) is 1. The van der Waals surface area contributed by atoms with E-state index >= 15 is 0 Å². The zero-order valence-corrected chi connectivity index (χ0v) is 16.9. The molecule has 2 atom stereocenters. The number of tetrazole rings is 1. The van der Waals surface area contributed by atoms with E-state index in [0.29, 0.717) is 17.0 Å². The van der Waals surface area contributed by atoms with Gasteiger partial charge in [-0.25, -0.2) is 18.1 Å². The number of sulfonamides is 1. The normalized spacial score (nSPS) is 18.4. The van der Waals surface area contributed by atoms with Crippen LogP contribution in [0.3, 0.4) is 0 Å². The van der Waals surface area contributed by atoms with Crippen LogP contribution in [0.25, 0.3) is 11.1 Å². The van der Waals surface area contributed by atoms with E-state index < -0.39 is 28.0 Å². The molecule has 2 heterocycles. The standard InChI is InChI=1S/C19H18N6O4S/c1-11-16(18(26)27)17(25-19(20-11)21-23-24-25)15-9-4-3-8-14(15)12-6-5-7-13(10-12)22-30(2,28)29/h3-10,16-17,22H,1-2H3,(H,26,27). The molecule has 1 aromatic heterocycles. The SMILES string of the molecule is CC1=Nc2nnnn2C(c2ccccc2-c2cccc(NS(C)(=O)=O)c2)C1C(=O)O. The first-order valence-corrected chi connectivity index (χ1v) is 10.9. The molecule has 10 nitrogen and oxygen atoms in total. The molecule has 0 aliphatic carbocycles. The number of benzene rings is 2. The summed E-state index contributed by atoms with van der Waals surface area (Å²) in [5.74, 6) is -1.76. The van der Waals surface area contributed by atoms with Crippen LogP contribution in [0, 0.1) is 5.92 Å². The molecule has 30 heavy (non-hydrogen) atoms. The van der Waals surface area contributed by atoms with Crippen LogP contribution in [-0.2, 0) is 14.8 Å². The Labute approximate surface area is 172 Å². The molecule has 1 aliphatic heterocycles. The lowest BCUT2D eigenvalue weighted by molar-refractivity contribution is -0.140. The molecule has 0 amide bonds. The van der Waals surface area contributed by atoms with Crippen LogP contribution in [0.15, 0.2) is 53.5 Å². The third-order valence-electron chi connectivity index (χ3n) is 4.80. The first-order chi connectivity index (χ1) is 14.2. The highest BCUT2D eigenvalue weighted by Gasteiger charge is 2.40. The minimum absolute atomic E-state index is 0.234. The second-order valence-corrected chi connectivity index (χ2v) is 8.73. The number of carbonyl (C=O) groups is 1. The van der Waals surface area contributed by atoms with Crippen molar-refractivity contribution in [2.75, 3.05) is 11.0 Å². The topological polar surface area (TPSA) is 139 Å². The Balaban J connectivity index is 1.88. The molecular weight excluding hydrogens is 408 g/mol. The van der Waals surface area contributed by atoms with Crippen molar-refractivity contribution in [2.45, 2.75) is 13.0 Å². The minimum atomic E-state index is -3.44. The van der Waals surface area contributed by atoms with E-state index in [1.54, 1.807) is 25.1 Å². The summed E-state index contributed by atoms with van der Waals surface area (Å²) >= 11 is 0. The maximum atomic E-state index is 12.1. The Morgan fingerprint density at radius 1 is 1.17 bits per heavy atom. The molecule has 2 aromatic carbocycles. The first kappa shape index (κ1) is 19.7. The number of nitrogens with zero attached hydrogens (tertiary/aromatic N) is 5. The summed E-state index contributed by atoms with van der Waals surface area (Å²) in [5.41, 5.74) is 2.95. The molecule has 0 bridgehead atoms. The molecule has 3 aromatic rings. The van der Waals surface area contributed by atoms with Gasteiger partial charge in [-0.15, -0.1) is 0 Å². The van der Waals surface area contributed by atoms with Gasteiger partial charge in [0, 0.05) is 11.4 Å². The molecule has 0 saturated carbocycles. The van der Waals surface area contributed by atoms with Crippen molar-refractivity contribution >= 4 is 33.3 Å². The summed E-state index contributed by atoms with van der Waals surface area (Å²) in [6.07, 6.45) is 1.08. The van der Waals surface area contributed by atoms with Gasteiger partial charge in [-0.3, -0.25) is 9.52 Å². The number of aliphatic carboxylic acids is 1. The van der Waals surface area contributed by atoms with E-state index in [-0.39, 0.29) is 5.95 Å². The predicted molar refractivity (Wildman–Crippen MR) is 110 cm³/mol. The van der Waals surface area contributed by atoms with E-state index in [1.807, 2.05) is 30.3 Å². The molecule has 154 valence electrons. The lowest BCUT2D eigenvalue weighted by Crippen LogP contribution is -2.36. The quantitative estimate of drug-likeness (QED) is 0.637. The van der Waals surface area contributed by atoms with Crippen molar-refractivity contribution in [1.29, 1.82) is 0 Å². The molecule has 1 aliphatic rings. The van der Waals surface area contributed by atoms with E-state index in [2.05, 4.69) is 25.2 Å². The van der Waals surface area contributed by atoms with Gasteiger partial charge in [0.25, 0.3) is 5.95 Å².